The van der Waals surface area contributed by atoms with Crippen molar-refractivity contribution in [2.75, 3.05) is 12.4 Å². The number of nitrogens with one attached hydrogen (secondary N) is 1. The second-order valence-electron chi connectivity index (χ2n) is 5.58. The van der Waals surface area contributed by atoms with Gasteiger partial charge in [0.1, 0.15) is 0 Å². The van der Waals surface area contributed by atoms with Crippen LogP contribution >= 0.6 is 11.6 Å². The fraction of sp³-hybridized carbons (Fsp3) is 1.00. The summed E-state index contributed by atoms with van der Waals surface area (Å²) in [5, 5.41) is 3.73. The second kappa shape index (κ2) is 7.55. The smallest absolute Gasteiger partial charge is 0.0406 e. The summed E-state index contributed by atoms with van der Waals surface area (Å²) in [6.45, 7) is 5.77. The second-order valence-corrected chi connectivity index (χ2v) is 5.85. The molecular weight excluding hydrogens is 218 g/mol. The average Bonchev–Trinajstić information content (AvgIpc) is 2.32. The van der Waals surface area contributed by atoms with E-state index in [0.717, 1.165) is 18.3 Å². The minimum absolute atomic E-state index is 0.264. The molecule has 1 rings (SSSR count). The summed E-state index contributed by atoms with van der Waals surface area (Å²) in [4.78, 5) is 0. The molecule has 1 fully saturated rings. The summed E-state index contributed by atoms with van der Waals surface area (Å²) >= 11 is 6.16. The van der Waals surface area contributed by atoms with Crippen LogP contribution in [-0.4, -0.2) is 18.0 Å². The lowest BCUT2D eigenvalue weighted by molar-refractivity contribution is 0.217. The van der Waals surface area contributed by atoms with Crippen molar-refractivity contribution in [3.8, 4) is 0 Å². The Morgan fingerprint density at radius 3 is 2.44 bits per heavy atom. The van der Waals surface area contributed by atoms with E-state index in [-0.39, 0.29) is 5.54 Å². The standard InChI is InChI=1S/C14H28ClN/c1-3-4-5-6-11-16-14(12-15)9-7-13(2)8-10-14/h13,16H,3-12H2,1-2H3. The molecule has 1 saturated carbocycles. The quantitative estimate of drug-likeness (QED) is 0.520. The Balaban J connectivity index is 2.20. The Hall–Kier alpha value is 0.250. The first-order valence-corrected chi connectivity index (χ1v) is 7.57. The normalized spacial score (nSPS) is 30.6. The van der Waals surface area contributed by atoms with Crippen molar-refractivity contribution in [3.63, 3.8) is 0 Å². The van der Waals surface area contributed by atoms with Gasteiger partial charge in [-0.25, -0.2) is 0 Å². The van der Waals surface area contributed by atoms with Gasteiger partial charge < -0.3 is 5.32 Å². The first kappa shape index (κ1) is 14.3. The lowest BCUT2D eigenvalue weighted by Gasteiger charge is -2.39. The van der Waals surface area contributed by atoms with E-state index in [1.165, 1.54) is 51.4 Å². The van der Waals surface area contributed by atoms with Gasteiger partial charge in [0, 0.05) is 11.4 Å². The van der Waals surface area contributed by atoms with E-state index in [2.05, 4.69) is 19.2 Å². The van der Waals surface area contributed by atoms with Gasteiger partial charge in [0.05, 0.1) is 0 Å². The van der Waals surface area contributed by atoms with Crippen molar-refractivity contribution < 1.29 is 0 Å². The Kier molecular flexibility index (Phi) is 6.75. The molecule has 0 saturated heterocycles. The third-order valence-electron chi connectivity index (χ3n) is 4.02. The van der Waals surface area contributed by atoms with E-state index < -0.39 is 0 Å². The minimum atomic E-state index is 0.264. The lowest BCUT2D eigenvalue weighted by Crippen LogP contribution is -2.49. The average molecular weight is 246 g/mol. The topological polar surface area (TPSA) is 12.0 Å². The fourth-order valence-corrected chi connectivity index (χ4v) is 2.94. The van der Waals surface area contributed by atoms with Crippen LogP contribution in [0.4, 0.5) is 0 Å². The molecule has 0 spiro atoms. The zero-order chi connectivity index (χ0) is 11.9. The summed E-state index contributed by atoms with van der Waals surface area (Å²) in [6.07, 6.45) is 10.6. The molecule has 0 radical (unpaired) electrons. The molecule has 0 aliphatic heterocycles. The molecule has 96 valence electrons. The number of unbranched alkanes of at least 4 members (excludes halogenated alkanes) is 3. The van der Waals surface area contributed by atoms with Gasteiger partial charge in [-0.2, -0.15) is 0 Å². The minimum Gasteiger partial charge on any atom is -0.310 e. The third-order valence-corrected chi connectivity index (χ3v) is 4.53. The number of rotatable bonds is 7. The largest absolute Gasteiger partial charge is 0.310 e. The molecule has 0 heterocycles. The number of alkyl halides is 1. The number of hydrogen-bond donors (Lipinski definition) is 1. The SMILES string of the molecule is CCCCCCNC1(CCl)CCC(C)CC1. The highest BCUT2D eigenvalue weighted by atomic mass is 35.5. The summed E-state index contributed by atoms with van der Waals surface area (Å²) in [6, 6.07) is 0. The molecule has 1 aliphatic carbocycles. The van der Waals surface area contributed by atoms with E-state index in [1.54, 1.807) is 0 Å². The Morgan fingerprint density at radius 1 is 1.19 bits per heavy atom. The molecule has 1 aliphatic rings. The van der Waals surface area contributed by atoms with Crippen molar-refractivity contribution in [1.82, 2.24) is 5.32 Å². The van der Waals surface area contributed by atoms with Gasteiger partial charge in [-0.05, 0) is 44.6 Å². The lowest BCUT2D eigenvalue weighted by atomic mass is 9.78. The van der Waals surface area contributed by atoms with Crippen LogP contribution in [0.15, 0.2) is 0 Å². The number of hydrogen-bond acceptors (Lipinski definition) is 1. The first-order valence-electron chi connectivity index (χ1n) is 7.03. The Labute approximate surface area is 106 Å². The monoisotopic (exact) mass is 245 g/mol. The molecule has 0 aromatic heterocycles. The van der Waals surface area contributed by atoms with Gasteiger partial charge in [0.25, 0.3) is 0 Å². The van der Waals surface area contributed by atoms with Crippen LogP contribution in [0, 0.1) is 5.92 Å². The van der Waals surface area contributed by atoms with Gasteiger partial charge in [-0.3, -0.25) is 0 Å². The summed E-state index contributed by atoms with van der Waals surface area (Å²) in [5.41, 5.74) is 0.264. The van der Waals surface area contributed by atoms with Crippen molar-refractivity contribution in [2.45, 2.75) is 70.8 Å². The van der Waals surface area contributed by atoms with Crippen LogP contribution < -0.4 is 5.32 Å². The van der Waals surface area contributed by atoms with E-state index in [1.807, 2.05) is 0 Å². The maximum Gasteiger partial charge on any atom is 0.0406 e. The van der Waals surface area contributed by atoms with Gasteiger partial charge in [0.15, 0.2) is 0 Å². The maximum absolute atomic E-state index is 6.16. The van der Waals surface area contributed by atoms with E-state index in [0.29, 0.717) is 0 Å². The van der Waals surface area contributed by atoms with E-state index >= 15 is 0 Å². The molecule has 0 atom stereocenters. The Morgan fingerprint density at radius 2 is 1.88 bits per heavy atom. The van der Waals surface area contributed by atoms with Crippen LogP contribution in [0.1, 0.15) is 65.2 Å². The predicted molar refractivity (Wildman–Crippen MR) is 73.2 cm³/mol. The highest BCUT2D eigenvalue weighted by molar-refractivity contribution is 6.18. The molecule has 0 aromatic carbocycles. The zero-order valence-corrected chi connectivity index (χ0v) is 11.8. The number of halogens is 1. The molecule has 0 aromatic rings. The molecule has 1 nitrogen and oxygen atoms in total. The molecule has 0 amide bonds. The maximum atomic E-state index is 6.16. The van der Waals surface area contributed by atoms with E-state index in [9.17, 15) is 0 Å². The molecule has 1 N–H and O–H groups in total. The molecule has 0 bridgehead atoms. The van der Waals surface area contributed by atoms with Crippen molar-refractivity contribution in [2.24, 2.45) is 5.92 Å². The van der Waals surface area contributed by atoms with Crippen LogP contribution in [-0.2, 0) is 0 Å². The molecule has 2 heteroatoms. The van der Waals surface area contributed by atoms with Crippen LogP contribution in [0.3, 0.4) is 0 Å². The van der Waals surface area contributed by atoms with Gasteiger partial charge in [0.2, 0.25) is 0 Å². The van der Waals surface area contributed by atoms with Gasteiger partial charge in [-0.1, -0.05) is 33.1 Å². The fourth-order valence-electron chi connectivity index (χ4n) is 2.58. The Bertz CT molecular complexity index is 174. The van der Waals surface area contributed by atoms with Crippen LogP contribution in [0.25, 0.3) is 0 Å². The summed E-state index contributed by atoms with van der Waals surface area (Å²) in [5.74, 6) is 1.69. The van der Waals surface area contributed by atoms with Crippen LogP contribution in [0.5, 0.6) is 0 Å². The van der Waals surface area contributed by atoms with E-state index in [4.69, 9.17) is 11.6 Å². The highest BCUT2D eigenvalue weighted by Crippen LogP contribution is 2.32. The predicted octanol–water partition coefficient (Wildman–Crippen LogP) is 4.34. The third kappa shape index (κ3) is 4.63. The first-order chi connectivity index (χ1) is 7.72. The summed E-state index contributed by atoms with van der Waals surface area (Å²) in [7, 11) is 0. The zero-order valence-electron chi connectivity index (χ0n) is 11.0. The summed E-state index contributed by atoms with van der Waals surface area (Å²) < 4.78 is 0. The highest BCUT2D eigenvalue weighted by Gasteiger charge is 2.32. The van der Waals surface area contributed by atoms with Gasteiger partial charge >= 0.3 is 0 Å². The van der Waals surface area contributed by atoms with Gasteiger partial charge in [-0.15, -0.1) is 11.6 Å². The van der Waals surface area contributed by atoms with Crippen LogP contribution in [0.2, 0.25) is 0 Å². The van der Waals surface area contributed by atoms with Crippen molar-refractivity contribution in [3.05, 3.63) is 0 Å². The van der Waals surface area contributed by atoms with Crippen molar-refractivity contribution in [1.29, 1.82) is 0 Å². The molecular formula is C14H28ClN. The molecule has 0 unspecified atom stereocenters. The molecule has 16 heavy (non-hydrogen) atoms. The van der Waals surface area contributed by atoms with Crippen molar-refractivity contribution >= 4 is 11.6 Å².